The van der Waals surface area contributed by atoms with Gasteiger partial charge in [-0.05, 0) is 6.42 Å². The summed E-state index contributed by atoms with van der Waals surface area (Å²) in [6.07, 6.45) is -0.699. The molecule has 0 aromatic heterocycles. The molecule has 0 heterocycles. The van der Waals surface area contributed by atoms with E-state index < -0.39 is 6.29 Å². The van der Waals surface area contributed by atoms with Crippen molar-refractivity contribution in [1.29, 1.82) is 0 Å². The minimum atomic E-state index is -1.12. The largest absolute Gasteiger partial charge is 0.368 e. The van der Waals surface area contributed by atoms with Gasteiger partial charge in [-0.15, -0.1) is 0 Å². The van der Waals surface area contributed by atoms with E-state index in [0.717, 1.165) is 0 Å². The highest BCUT2D eigenvalue weighted by Crippen LogP contribution is 1.77. The molecule has 3 heteroatoms. The Morgan fingerprint density at radius 3 is 1.67 bits per heavy atom. The van der Waals surface area contributed by atoms with Crippen molar-refractivity contribution in [3.8, 4) is 0 Å². The van der Waals surface area contributed by atoms with E-state index in [1.165, 1.54) is 0 Å². The second kappa shape index (κ2) is 4.98. The Morgan fingerprint density at radius 1 is 1.50 bits per heavy atom. The summed E-state index contributed by atoms with van der Waals surface area (Å²) >= 11 is 0. The van der Waals surface area contributed by atoms with Crippen LogP contribution in [0.5, 0.6) is 0 Å². The van der Waals surface area contributed by atoms with Gasteiger partial charge in [-0.1, -0.05) is 6.92 Å². The first-order valence-corrected chi connectivity index (χ1v) is 1.63. The van der Waals surface area contributed by atoms with Crippen LogP contribution in [0.2, 0.25) is 0 Å². The van der Waals surface area contributed by atoms with Gasteiger partial charge >= 0.3 is 0 Å². The quantitative estimate of drug-likeness (QED) is 0.328. The number of rotatable bonds is 1. The smallest absolute Gasteiger partial charge is 0.151 e. The second-order valence-electron chi connectivity index (χ2n) is 0.889. The lowest BCUT2D eigenvalue weighted by molar-refractivity contribution is -0.0413. The minimum Gasteiger partial charge on any atom is -0.368 e. The van der Waals surface area contributed by atoms with Gasteiger partial charge < -0.3 is 10.2 Å². The maximum atomic E-state index is 7.92. The van der Waals surface area contributed by atoms with Crippen molar-refractivity contribution in [2.75, 3.05) is 0 Å². The van der Waals surface area contributed by atoms with E-state index in [1.54, 1.807) is 6.92 Å². The summed E-state index contributed by atoms with van der Waals surface area (Å²) in [4.78, 5) is 0. The molecule has 2 nitrogen and oxygen atoms in total. The predicted octanol–water partition coefficient (Wildman–Crippen LogP) is -0.674. The van der Waals surface area contributed by atoms with Crippen LogP contribution in [-0.2, 0) is 0 Å². The predicted molar refractivity (Wildman–Crippen MR) is 24.3 cm³/mol. The van der Waals surface area contributed by atoms with Gasteiger partial charge in [0, 0.05) is 8.41 Å². The summed E-state index contributed by atoms with van der Waals surface area (Å²) in [5.41, 5.74) is 0. The van der Waals surface area contributed by atoms with Crippen molar-refractivity contribution in [1.82, 2.24) is 0 Å². The third-order valence-corrected chi connectivity index (χ3v) is 0.365. The van der Waals surface area contributed by atoms with Crippen LogP contribution in [0.15, 0.2) is 0 Å². The molecular weight excluding hydrogens is 78.8 g/mol. The van der Waals surface area contributed by atoms with E-state index in [0.29, 0.717) is 6.42 Å². The van der Waals surface area contributed by atoms with Gasteiger partial charge in [0.15, 0.2) is 6.29 Å². The number of hydrogen-bond donors (Lipinski definition) is 2. The van der Waals surface area contributed by atoms with Crippen molar-refractivity contribution < 1.29 is 10.2 Å². The van der Waals surface area contributed by atoms with Crippen molar-refractivity contribution in [2.24, 2.45) is 0 Å². The first-order chi connectivity index (χ1) is 2.27. The van der Waals surface area contributed by atoms with E-state index in [-0.39, 0.29) is 8.41 Å². The van der Waals surface area contributed by atoms with Crippen molar-refractivity contribution in [3.05, 3.63) is 0 Å². The minimum absolute atomic E-state index is 0. The van der Waals surface area contributed by atoms with Crippen molar-refractivity contribution in [2.45, 2.75) is 19.6 Å². The summed E-state index contributed by atoms with van der Waals surface area (Å²) in [5.74, 6) is 0. The highest BCUT2D eigenvalue weighted by Gasteiger charge is 1.83. The molecule has 6 heavy (non-hydrogen) atoms. The van der Waals surface area contributed by atoms with Gasteiger partial charge in [-0.25, -0.2) is 0 Å². The Bertz CT molecular complexity index is 22.8. The average molecular weight is 86.9 g/mol. The molecule has 0 aromatic carbocycles. The lowest BCUT2D eigenvalue weighted by Crippen LogP contribution is -1.99. The fourth-order valence-electron chi connectivity index (χ4n) is 0. The topological polar surface area (TPSA) is 40.5 Å². The molecule has 0 rings (SSSR count). The molecule has 0 spiro atoms. The third kappa shape index (κ3) is 9.01. The average Bonchev–Trinajstić information content (AvgIpc) is 1.38. The maximum Gasteiger partial charge on any atom is 0.151 e. The Morgan fingerprint density at radius 2 is 1.67 bits per heavy atom. The van der Waals surface area contributed by atoms with E-state index in [1.807, 2.05) is 0 Å². The lowest BCUT2D eigenvalue weighted by Gasteiger charge is -1.90. The molecule has 3 radical (unpaired) electrons. The van der Waals surface area contributed by atoms with Crippen LogP contribution in [0.1, 0.15) is 13.3 Å². The molecule has 35 valence electrons. The second-order valence-corrected chi connectivity index (χ2v) is 0.889. The van der Waals surface area contributed by atoms with Crippen molar-refractivity contribution in [3.63, 3.8) is 0 Å². The van der Waals surface area contributed by atoms with Crippen LogP contribution in [0.3, 0.4) is 0 Å². The van der Waals surface area contributed by atoms with E-state index in [4.69, 9.17) is 10.2 Å². The zero-order chi connectivity index (χ0) is 4.28. The zero-order valence-electron chi connectivity index (χ0n) is 3.76. The van der Waals surface area contributed by atoms with Crippen molar-refractivity contribution >= 4 is 8.41 Å². The Hall–Kier alpha value is -0.0151. The summed E-state index contributed by atoms with van der Waals surface area (Å²) < 4.78 is 0. The fraction of sp³-hybridized carbons (Fsp3) is 1.00. The first kappa shape index (κ1) is 9.37. The SMILES string of the molecule is CCC(O)O.[B]. The van der Waals surface area contributed by atoms with Gasteiger partial charge in [0.2, 0.25) is 0 Å². The van der Waals surface area contributed by atoms with Gasteiger partial charge in [-0.2, -0.15) is 0 Å². The molecule has 0 saturated heterocycles. The fourth-order valence-corrected chi connectivity index (χ4v) is 0. The van der Waals surface area contributed by atoms with Crippen LogP contribution in [0.4, 0.5) is 0 Å². The molecule has 0 unspecified atom stereocenters. The third-order valence-electron chi connectivity index (χ3n) is 0.365. The highest BCUT2D eigenvalue weighted by molar-refractivity contribution is 5.75. The molecule has 0 aromatic rings. The van der Waals surface area contributed by atoms with Crippen LogP contribution in [0.25, 0.3) is 0 Å². The standard InChI is InChI=1S/C3H8O2.B/c1-2-3(4)5;/h3-5H,2H2,1H3;. The highest BCUT2D eigenvalue weighted by atomic mass is 16.5. The Labute approximate surface area is 39.4 Å². The van der Waals surface area contributed by atoms with Gasteiger partial charge in [0.1, 0.15) is 0 Å². The van der Waals surface area contributed by atoms with Crippen LogP contribution < -0.4 is 0 Å². The lowest BCUT2D eigenvalue weighted by atomic mass is 10.5. The molecule has 0 atom stereocenters. The first-order valence-electron chi connectivity index (χ1n) is 1.63. The molecule has 0 fully saturated rings. The zero-order valence-corrected chi connectivity index (χ0v) is 3.76. The van der Waals surface area contributed by atoms with Crippen LogP contribution >= 0.6 is 0 Å². The van der Waals surface area contributed by atoms with Gasteiger partial charge in [-0.3, -0.25) is 0 Å². The molecule has 0 saturated carbocycles. The number of aliphatic hydroxyl groups is 2. The normalized spacial score (nSPS) is 8.00. The van der Waals surface area contributed by atoms with E-state index in [9.17, 15) is 0 Å². The molecule has 0 aliphatic heterocycles. The van der Waals surface area contributed by atoms with Crippen LogP contribution in [0, 0.1) is 0 Å². The molecule has 0 aliphatic rings. The summed E-state index contributed by atoms with van der Waals surface area (Å²) in [5, 5.41) is 15.8. The molecular formula is C3H8BO2. The Balaban J connectivity index is 0. The van der Waals surface area contributed by atoms with Gasteiger partial charge in [0.05, 0.1) is 0 Å². The van der Waals surface area contributed by atoms with Gasteiger partial charge in [0.25, 0.3) is 0 Å². The Kier molecular flexibility index (Phi) is 7.78. The number of hydrogen-bond acceptors (Lipinski definition) is 2. The molecule has 0 aliphatic carbocycles. The summed E-state index contributed by atoms with van der Waals surface area (Å²) in [7, 11) is 0. The van der Waals surface area contributed by atoms with E-state index >= 15 is 0 Å². The molecule has 2 N–H and O–H groups in total. The maximum absolute atomic E-state index is 7.92. The van der Waals surface area contributed by atoms with Crippen LogP contribution in [-0.4, -0.2) is 24.9 Å². The number of aliphatic hydroxyl groups excluding tert-OH is 1. The molecule has 0 bridgehead atoms. The summed E-state index contributed by atoms with van der Waals surface area (Å²) in [6, 6.07) is 0. The molecule has 0 amide bonds. The monoisotopic (exact) mass is 87.1 g/mol. The van der Waals surface area contributed by atoms with E-state index in [2.05, 4.69) is 0 Å². The summed E-state index contributed by atoms with van der Waals surface area (Å²) in [6.45, 7) is 1.70.